The molecule has 0 fully saturated rings. The summed E-state index contributed by atoms with van der Waals surface area (Å²) < 4.78 is 13.2. The molecule has 1 aromatic heterocycles. The Morgan fingerprint density at radius 2 is 2.15 bits per heavy atom. The number of carboxylic acids is 1. The monoisotopic (exact) mass is 274 g/mol. The lowest BCUT2D eigenvalue weighted by Crippen LogP contribution is -2.13. The fraction of sp³-hybridized carbons (Fsp3) is 0.200. The number of rotatable bonds is 4. The van der Waals surface area contributed by atoms with Gasteiger partial charge in [-0.05, 0) is 43.2 Å². The van der Waals surface area contributed by atoms with Crippen molar-refractivity contribution in [2.75, 3.05) is 5.32 Å². The Kier molecular flexibility index (Phi) is 3.98. The first-order chi connectivity index (χ1) is 9.49. The average Bonchev–Trinajstić information content (AvgIpc) is 2.38. The average molecular weight is 274 g/mol. The molecule has 1 unspecified atom stereocenters. The summed E-state index contributed by atoms with van der Waals surface area (Å²) in [6, 6.07) is 7.55. The third-order valence-corrected chi connectivity index (χ3v) is 3.08. The molecule has 104 valence electrons. The fourth-order valence-corrected chi connectivity index (χ4v) is 2.00. The normalized spacial score (nSPS) is 11.9. The topological polar surface area (TPSA) is 62.2 Å². The minimum absolute atomic E-state index is 0.135. The highest BCUT2D eigenvalue weighted by Crippen LogP contribution is 2.23. The highest BCUT2D eigenvalue weighted by atomic mass is 19.1. The Hall–Kier alpha value is -2.43. The quantitative estimate of drug-likeness (QED) is 0.897. The summed E-state index contributed by atoms with van der Waals surface area (Å²) in [6.45, 7) is 3.54. The van der Waals surface area contributed by atoms with Crippen LogP contribution in [-0.4, -0.2) is 16.1 Å². The van der Waals surface area contributed by atoms with Gasteiger partial charge in [-0.3, -0.25) is 0 Å². The number of carboxylic acid groups (broad SMARTS) is 1. The summed E-state index contributed by atoms with van der Waals surface area (Å²) in [7, 11) is 0. The second-order valence-corrected chi connectivity index (χ2v) is 4.58. The second-order valence-electron chi connectivity index (χ2n) is 4.58. The van der Waals surface area contributed by atoms with Crippen LogP contribution >= 0.6 is 0 Å². The number of aryl methyl sites for hydroxylation is 1. The molecule has 2 rings (SSSR count). The van der Waals surface area contributed by atoms with E-state index in [4.69, 9.17) is 0 Å². The number of benzene rings is 1. The van der Waals surface area contributed by atoms with E-state index in [2.05, 4.69) is 10.3 Å². The molecule has 0 amide bonds. The van der Waals surface area contributed by atoms with Crippen molar-refractivity contribution in [3.63, 3.8) is 0 Å². The molecule has 0 radical (unpaired) electrons. The highest BCUT2D eigenvalue weighted by Gasteiger charge is 2.16. The predicted molar refractivity (Wildman–Crippen MR) is 74.4 cm³/mol. The molecule has 4 nitrogen and oxygen atoms in total. The van der Waals surface area contributed by atoms with Gasteiger partial charge in [0.2, 0.25) is 0 Å². The van der Waals surface area contributed by atoms with E-state index < -0.39 is 5.97 Å². The van der Waals surface area contributed by atoms with E-state index in [0.717, 1.165) is 5.56 Å². The summed E-state index contributed by atoms with van der Waals surface area (Å²) in [6.07, 6.45) is 1.54. The Morgan fingerprint density at radius 3 is 2.80 bits per heavy atom. The molecule has 5 heteroatoms. The van der Waals surface area contributed by atoms with Crippen LogP contribution in [0.2, 0.25) is 0 Å². The summed E-state index contributed by atoms with van der Waals surface area (Å²) >= 11 is 0. The molecule has 1 atom stereocenters. The van der Waals surface area contributed by atoms with Crippen molar-refractivity contribution >= 4 is 11.8 Å². The largest absolute Gasteiger partial charge is 0.478 e. The number of hydrogen-bond acceptors (Lipinski definition) is 3. The van der Waals surface area contributed by atoms with Crippen LogP contribution in [0.4, 0.5) is 10.2 Å². The maximum Gasteiger partial charge on any atom is 0.339 e. The fourth-order valence-electron chi connectivity index (χ4n) is 2.00. The molecule has 0 saturated carbocycles. The van der Waals surface area contributed by atoms with E-state index in [0.29, 0.717) is 5.56 Å². The van der Waals surface area contributed by atoms with Gasteiger partial charge in [0.05, 0.1) is 6.04 Å². The molecule has 1 heterocycles. The van der Waals surface area contributed by atoms with Crippen molar-refractivity contribution in [1.82, 2.24) is 4.98 Å². The summed E-state index contributed by atoms with van der Waals surface area (Å²) in [5, 5.41) is 12.3. The van der Waals surface area contributed by atoms with Crippen LogP contribution in [0.1, 0.15) is 34.5 Å². The highest BCUT2D eigenvalue weighted by molar-refractivity contribution is 5.94. The van der Waals surface area contributed by atoms with Crippen molar-refractivity contribution in [3.8, 4) is 0 Å². The number of anilines is 1. The van der Waals surface area contributed by atoms with Crippen LogP contribution in [-0.2, 0) is 0 Å². The second kappa shape index (κ2) is 5.69. The van der Waals surface area contributed by atoms with Crippen LogP contribution in [0.3, 0.4) is 0 Å². The molecular weight excluding hydrogens is 259 g/mol. The van der Waals surface area contributed by atoms with Crippen LogP contribution in [0.25, 0.3) is 0 Å². The van der Waals surface area contributed by atoms with Gasteiger partial charge in [0.15, 0.2) is 0 Å². The van der Waals surface area contributed by atoms with E-state index in [9.17, 15) is 14.3 Å². The SMILES string of the molecule is Cc1ccnc(NC(C)c2cccc(F)c2)c1C(=O)O. The number of carbonyl (C=O) groups is 1. The van der Waals surface area contributed by atoms with Gasteiger partial charge in [-0.15, -0.1) is 0 Å². The van der Waals surface area contributed by atoms with Crippen molar-refractivity contribution in [3.05, 3.63) is 59.0 Å². The standard InChI is InChI=1S/C15H15FN2O2/c1-9-6-7-17-14(13(9)15(19)20)18-10(2)11-4-3-5-12(16)8-11/h3-8,10H,1-2H3,(H,17,18)(H,19,20). The minimum Gasteiger partial charge on any atom is -0.478 e. The van der Waals surface area contributed by atoms with Crippen molar-refractivity contribution in [2.45, 2.75) is 19.9 Å². The number of aromatic nitrogens is 1. The maximum absolute atomic E-state index is 13.2. The molecular formula is C15H15FN2O2. The van der Waals surface area contributed by atoms with Crippen LogP contribution < -0.4 is 5.32 Å². The summed E-state index contributed by atoms with van der Waals surface area (Å²) in [4.78, 5) is 15.3. The molecule has 0 aliphatic heterocycles. The van der Waals surface area contributed by atoms with Gasteiger partial charge in [-0.25, -0.2) is 14.2 Å². The lowest BCUT2D eigenvalue weighted by Gasteiger charge is -2.17. The molecule has 1 aromatic carbocycles. The van der Waals surface area contributed by atoms with Gasteiger partial charge in [0.1, 0.15) is 17.2 Å². The summed E-state index contributed by atoms with van der Waals surface area (Å²) in [5.41, 5.74) is 1.49. The van der Waals surface area contributed by atoms with Gasteiger partial charge < -0.3 is 10.4 Å². The lowest BCUT2D eigenvalue weighted by molar-refractivity contribution is 0.0696. The maximum atomic E-state index is 13.2. The van der Waals surface area contributed by atoms with Gasteiger partial charge in [0.25, 0.3) is 0 Å². The molecule has 0 saturated heterocycles. The van der Waals surface area contributed by atoms with E-state index in [1.54, 1.807) is 31.3 Å². The number of nitrogens with zero attached hydrogens (tertiary/aromatic N) is 1. The zero-order chi connectivity index (χ0) is 14.7. The third-order valence-electron chi connectivity index (χ3n) is 3.08. The third kappa shape index (κ3) is 2.93. The van der Waals surface area contributed by atoms with Gasteiger partial charge >= 0.3 is 5.97 Å². The molecule has 0 aliphatic rings. The Morgan fingerprint density at radius 1 is 1.40 bits per heavy atom. The van der Waals surface area contributed by atoms with Crippen LogP contribution in [0.5, 0.6) is 0 Å². The molecule has 20 heavy (non-hydrogen) atoms. The van der Waals surface area contributed by atoms with E-state index in [1.807, 2.05) is 6.92 Å². The Balaban J connectivity index is 2.30. The number of hydrogen-bond donors (Lipinski definition) is 2. The van der Waals surface area contributed by atoms with Crippen molar-refractivity contribution in [2.24, 2.45) is 0 Å². The van der Waals surface area contributed by atoms with Gasteiger partial charge in [0, 0.05) is 6.20 Å². The number of halogens is 1. The number of pyridine rings is 1. The zero-order valence-electron chi connectivity index (χ0n) is 11.2. The van der Waals surface area contributed by atoms with Crippen LogP contribution in [0, 0.1) is 12.7 Å². The molecule has 0 spiro atoms. The van der Waals surface area contributed by atoms with E-state index in [1.165, 1.54) is 12.1 Å². The predicted octanol–water partition coefficient (Wildman–Crippen LogP) is 3.40. The zero-order valence-corrected chi connectivity index (χ0v) is 11.2. The van der Waals surface area contributed by atoms with Gasteiger partial charge in [-0.2, -0.15) is 0 Å². The molecule has 0 aliphatic carbocycles. The van der Waals surface area contributed by atoms with Crippen LogP contribution in [0.15, 0.2) is 36.5 Å². The number of aromatic carboxylic acids is 1. The lowest BCUT2D eigenvalue weighted by atomic mass is 10.1. The molecule has 2 aromatic rings. The smallest absolute Gasteiger partial charge is 0.339 e. The first kappa shape index (κ1) is 14.0. The first-order valence-corrected chi connectivity index (χ1v) is 6.20. The Labute approximate surface area is 116 Å². The molecule has 0 bridgehead atoms. The summed E-state index contributed by atoms with van der Waals surface area (Å²) in [5.74, 6) is -1.08. The molecule has 2 N–H and O–H groups in total. The van der Waals surface area contributed by atoms with Gasteiger partial charge in [-0.1, -0.05) is 12.1 Å². The van der Waals surface area contributed by atoms with E-state index in [-0.39, 0.29) is 23.2 Å². The van der Waals surface area contributed by atoms with Crippen molar-refractivity contribution in [1.29, 1.82) is 0 Å². The van der Waals surface area contributed by atoms with E-state index >= 15 is 0 Å². The Bertz CT molecular complexity index is 644. The minimum atomic E-state index is -1.04. The number of nitrogens with one attached hydrogen (secondary N) is 1. The van der Waals surface area contributed by atoms with Crippen molar-refractivity contribution < 1.29 is 14.3 Å². The first-order valence-electron chi connectivity index (χ1n) is 6.20.